The second kappa shape index (κ2) is 8.24. The molecule has 0 saturated carbocycles. The van der Waals surface area contributed by atoms with Gasteiger partial charge in [-0.15, -0.1) is 0 Å². The molecule has 1 aromatic rings. The smallest absolute Gasteiger partial charge is 0.545 e. The molecule has 0 aliphatic heterocycles. The summed E-state index contributed by atoms with van der Waals surface area (Å²) < 4.78 is 50.9. The van der Waals surface area contributed by atoms with Crippen LogP contribution in [0.1, 0.15) is 10.4 Å². The van der Waals surface area contributed by atoms with Gasteiger partial charge in [-0.2, -0.15) is 0 Å². The van der Waals surface area contributed by atoms with Gasteiger partial charge < -0.3 is 9.90 Å². The maximum atomic E-state index is 11.0. The monoisotopic (exact) mass is 274 g/mol. The second-order valence-corrected chi connectivity index (χ2v) is 4.85. The standard InChI is InChI=1S/C8H8O4S.BF3.Li/c1-13(11,12)7-4-2-6(3-5-7)8(9)10;2-1(3)4;/h2-5H,1H3,(H,9,10);;/q;;+1/p-1. The maximum absolute atomic E-state index is 11.0. The van der Waals surface area contributed by atoms with Gasteiger partial charge in [-0.3, -0.25) is 12.9 Å². The van der Waals surface area contributed by atoms with Gasteiger partial charge >= 0.3 is 26.4 Å². The van der Waals surface area contributed by atoms with Crippen molar-refractivity contribution in [3.05, 3.63) is 29.8 Å². The topological polar surface area (TPSA) is 74.3 Å². The molecule has 1 aromatic carbocycles. The van der Waals surface area contributed by atoms with E-state index in [-0.39, 0.29) is 29.3 Å². The van der Waals surface area contributed by atoms with Gasteiger partial charge in [0.25, 0.3) is 0 Å². The Balaban J connectivity index is 0. The van der Waals surface area contributed by atoms with E-state index in [9.17, 15) is 31.3 Å². The van der Waals surface area contributed by atoms with Gasteiger partial charge in [0.15, 0.2) is 9.84 Å². The van der Waals surface area contributed by atoms with Crippen LogP contribution in [-0.2, 0) is 9.84 Å². The maximum Gasteiger partial charge on any atom is 1.00 e. The summed E-state index contributed by atoms with van der Waals surface area (Å²) in [7, 11) is -6.93. The zero-order chi connectivity index (χ0) is 13.6. The molecule has 0 aromatic heterocycles. The SMILES string of the molecule is CS(=O)(=O)c1ccc(C(=O)[O-])cc1.FB(F)F.[Li+]. The van der Waals surface area contributed by atoms with Crippen molar-refractivity contribution < 1.29 is 50.1 Å². The fourth-order valence-corrected chi connectivity index (χ4v) is 1.47. The van der Waals surface area contributed by atoms with E-state index in [0.717, 1.165) is 6.26 Å². The molecule has 0 N–H and O–H groups in total. The third-order valence-electron chi connectivity index (χ3n) is 1.52. The Labute approximate surface area is 115 Å². The van der Waals surface area contributed by atoms with Crippen LogP contribution < -0.4 is 24.0 Å². The number of carbonyl (C=O) groups excluding carboxylic acids is 1. The molecule has 0 radical (unpaired) electrons. The van der Waals surface area contributed by atoms with Crippen LogP contribution in [0.15, 0.2) is 29.2 Å². The van der Waals surface area contributed by atoms with Crippen LogP contribution in [-0.4, -0.2) is 28.2 Å². The van der Waals surface area contributed by atoms with E-state index < -0.39 is 23.4 Å². The van der Waals surface area contributed by atoms with Crippen molar-refractivity contribution in [3.8, 4) is 0 Å². The van der Waals surface area contributed by atoms with Gasteiger partial charge in [0.2, 0.25) is 0 Å². The predicted octanol–water partition coefficient (Wildman–Crippen LogP) is -2.66. The van der Waals surface area contributed by atoms with Crippen molar-refractivity contribution in [2.24, 2.45) is 0 Å². The molecule has 0 aliphatic rings. The molecule has 0 saturated heterocycles. The van der Waals surface area contributed by atoms with Crippen LogP contribution in [0.4, 0.5) is 12.9 Å². The summed E-state index contributed by atoms with van der Waals surface area (Å²) in [5.74, 6) is -1.32. The number of aromatic carboxylic acids is 1. The van der Waals surface area contributed by atoms with Crippen LogP contribution in [0.2, 0.25) is 0 Å². The number of halogens is 3. The van der Waals surface area contributed by atoms with Gasteiger partial charge in [0.05, 0.1) is 10.9 Å². The quantitative estimate of drug-likeness (QED) is 0.551. The Kier molecular flexibility index (Phi) is 8.89. The number of carboxylic acids is 1. The third-order valence-corrected chi connectivity index (χ3v) is 2.65. The van der Waals surface area contributed by atoms with Crippen molar-refractivity contribution in [2.75, 3.05) is 6.26 Å². The first-order valence-electron chi connectivity index (χ1n) is 4.08. The first kappa shape index (κ1) is 19.4. The van der Waals surface area contributed by atoms with Crippen molar-refractivity contribution >= 4 is 23.4 Å². The van der Waals surface area contributed by atoms with Gasteiger partial charge in [0.1, 0.15) is 0 Å². The van der Waals surface area contributed by atoms with Crippen molar-refractivity contribution in [2.45, 2.75) is 4.90 Å². The van der Waals surface area contributed by atoms with Crippen molar-refractivity contribution in [1.29, 1.82) is 0 Å². The molecule has 0 heterocycles. The van der Waals surface area contributed by atoms with Gasteiger partial charge in [-0.05, 0) is 17.7 Å². The van der Waals surface area contributed by atoms with Crippen molar-refractivity contribution in [3.63, 3.8) is 0 Å². The number of benzene rings is 1. The Bertz CT molecular complexity index is 475. The van der Waals surface area contributed by atoms with Crippen LogP contribution in [0.3, 0.4) is 0 Å². The van der Waals surface area contributed by atoms with Crippen LogP contribution >= 0.6 is 0 Å². The minimum absolute atomic E-state index is 0. The van der Waals surface area contributed by atoms with Crippen LogP contribution in [0, 0.1) is 0 Å². The zero-order valence-electron chi connectivity index (χ0n) is 9.56. The average molecular weight is 274 g/mol. The fourth-order valence-electron chi connectivity index (χ4n) is 0.838. The van der Waals surface area contributed by atoms with E-state index in [2.05, 4.69) is 0 Å². The number of carbonyl (C=O) groups is 1. The summed E-state index contributed by atoms with van der Waals surface area (Å²) in [6, 6.07) is 4.87. The summed E-state index contributed by atoms with van der Waals surface area (Å²) in [5.41, 5.74) is -0.0348. The Morgan fingerprint density at radius 1 is 1.17 bits per heavy atom. The number of hydrogen-bond donors (Lipinski definition) is 0. The van der Waals surface area contributed by atoms with Gasteiger partial charge in [0, 0.05) is 6.26 Å². The fraction of sp³-hybridized carbons (Fsp3) is 0.125. The number of rotatable bonds is 2. The summed E-state index contributed by atoms with van der Waals surface area (Å²) in [6.45, 7) is 0. The summed E-state index contributed by atoms with van der Waals surface area (Å²) >= 11 is 0. The summed E-state index contributed by atoms with van der Waals surface area (Å²) in [6.07, 6.45) is 1.06. The first-order chi connectivity index (χ1) is 7.64. The molecular formula is C8H7BF3LiO4S. The predicted molar refractivity (Wildman–Crippen MR) is 53.0 cm³/mol. The molecule has 0 aliphatic carbocycles. The van der Waals surface area contributed by atoms with Crippen LogP contribution in [0.25, 0.3) is 0 Å². The average Bonchev–Trinajstić information content (AvgIpc) is 2.15. The second-order valence-electron chi connectivity index (χ2n) is 2.83. The Morgan fingerprint density at radius 2 is 1.50 bits per heavy atom. The van der Waals surface area contributed by atoms with Crippen molar-refractivity contribution in [1.82, 2.24) is 0 Å². The van der Waals surface area contributed by atoms with E-state index in [1.54, 1.807) is 0 Å². The van der Waals surface area contributed by atoms with E-state index in [1.165, 1.54) is 24.3 Å². The third kappa shape index (κ3) is 8.22. The largest absolute Gasteiger partial charge is 1.00 e. The molecule has 0 atom stereocenters. The number of hydrogen-bond acceptors (Lipinski definition) is 4. The summed E-state index contributed by atoms with van der Waals surface area (Å²) in [4.78, 5) is 10.4. The minimum Gasteiger partial charge on any atom is -0.545 e. The molecule has 18 heavy (non-hydrogen) atoms. The summed E-state index contributed by atoms with van der Waals surface area (Å²) in [5, 5.41) is 10.3. The molecule has 94 valence electrons. The van der Waals surface area contributed by atoms with E-state index in [0.29, 0.717) is 0 Å². The molecule has 0 fully saturated rings. The number of sulfone groups is 1. The zero-order valence-corrected chi connectivity index (χ0v) is 10.4. The molecule has 0 amide bonds. The first-order valence-corrected chi connectivity index (χ1v) is 5.97. The van der Waals surface area contributed by atoms with E-state index in [4.69, 9.17) is 0 Å². The molecule has 0 bridgehead atoms. The van der Waals surface area contributed by atoms with Gasteiger partial charge in [-0.1, -0.05) is 12.1 Å². The normalized spacial score (nSPS) is 9.56. The van der Waals surface area contributed by atoms with Gasteiger partial charge in [-0.25, -0.2) is 8.42 Å². The molecule has 10 heteroatoms. The molecule has 4 nitrogen and oxygen atoms in total. The molecule has 0 spiro atoms. The van der Waals surface area contributed by atoms with E-state index >= 15 is 0 Å². The van der Waals surface area contributed by atoms with E-state index in [1.807, 2.05) is 0 Å². The van der Waals surface area contributed by atoms with Crippen LogP contribution in [0.5, 0.6) is 0 Å². The molecule has 1 rings (SSSR count). The molecular weight excluding hydrogens is 267 g/mol. The Hall–Kier alpha value is -0.908. The molecule has 0 unspecified atom stereocenters. The number of carboxylic acid groups (broad SMARTS) is 1. The minimum atomic E-state index is -3.67. The Morgan fingerprint density at radius 3 is 1.72 bits per heavy atom.